The number of aromatic nitrogens is 2. The molecule has 7 nitrogen and oxygen atoms in total. The Bertz CT molecular complexity index is 897. The second-order valence-corrected chi connectivity index (χ2v) is 8.29. The molecule has 0 radical (unpaired) electrons. The van der Waals surface area contributed by atoms with Crippen LogP contribution < -0.4 is 9.64 Å². The van der Waals surface area contributed by atoms with E-state index in [-0.39, 0.29) is 17.9 Å². The minimum Gasteiger partial charge on any atom is -0.497 e. The van der Waals surface area contributed by atoms with Gasteiger partial charge in [0.25, 0.3) is 0 Å². The van der Waals surface area contributed by atoms with Gasteiger partial charge in [0.05, 0.1) is 30.3 Å². The van der Waals surface area contributed by atoms with Crippen molar-refractivity contribution in [2.75, 3.05) is 44.8 Å². The molecular weight excluding hydrogens is 380 g/mol. The monoisotopic (exact) mass is 412 g/mol. The average molecular weight is 413 g/mol. The van der Waals surface area contributed by atoms with E-state index in [1.165, 1.54) is 0 Å². The normalized spacial score (nSPS) is 21.8. The number of fused-ring (bicyclic) bond motifs is 1. The third kappa shape index (κ3) is 4.36. The summed E-state index contributed by atoms with van der Waals surface area (Å²) in [5.74, 6) is 1.70. The molecule has 162 valence electrons. The zero-order valence-corrected chi connectivity index (χ0v) is 18.3. The van der Waals surface area contributed by atoms with E-state index in [9.17, 15) is 4.79 Å². The van der Waals surface area contributed by atoms with Gasteiger partial charge < -0.3 is 19.3 Å². The van der Waals surface area contributed by atoms with Crippen LogP contribution in [0.25, 0.3) is 10.9 Å². The van der Waals surface area contributed by atoms with E-state index in [2.05, 4.69) is 11.8 Å². The number of hydrogen-bond donors (Lipinski definition) is 0. The van der Waals surface area contributed by atoms with Crippen LogP contribution in [0.1, 0.15) is 38.3 Å². The van der Waals surface area contributed by atoms with Crippen LogP contribution in [-0.4, -0.2) is 66.8 Å². The molecule has 0 spiro atoms. The van der Waals surface area contributed by atoms with Crippen molar-refractivity contribution in [3.05, 3.63) is 23.9 Å². The molecule has 0 bridgehead atoms. The molecule has 7 heteroatoms. The van der Waals surface area contributed by atoms with Gasteiger partial charge in [0.2, 0.25) is 11.9 Å². The second kappa shape index (κ2) is 9.16. The number of carbonyl (C=O) groups is 1. The van der Waals surface area contributed by atoms with Gasteiger partial charge in [0.1, 0.15) is 5.75 Å². The fourth-order valence-electron chi connectivity index (χ4n) is 4.55. The van der Waals surface area contributed by atoms with Crippen LogP contribution in [0, 0.1) is 12.8 Å². The number of carbonyl (C=O) groups excluding carboxylic acids is 1. The minimum absolute atomic E-state index is 0.0231. The number of rotatable bonds is 6. The van der Waals surface area contributed by atoms with Crippen molar-refractivity contribution >= 4 is 22.8 Å². The zero-order chi connectivity index (χ0) is 21.1. The summed E-state index contributed by atoms with van der Waals surface area (Å²) in [6, 6.07) is 5.88. The quantitative estimate of drug-likeness (QED) is 0.726. The summed E-state index contributed by atoms with van der Waals surface area (Å²) in [5.41, 5.74) is 1.82. The molecule has 0 saturated carbocycles. The lowest BCUT2D eigenvalue weighted by atomic mass is 9.96. The van der Waals surface area contributed by atoms with Crippen LogP contribution in [0.2, 0.25) is 0 Å². The highest BCUT2D eigenvalue weighted by molar-refractivity contribution is 5.83. The SMILES string of the molecule is CCN(C[C@@H]1CCCO1)C(=O)[C@@H]1CCCN(c2nc(C)c3ccc(OC)cc3n2)C1. The standard InChI is InChI=1S/C23H32N4O3/c1-4-26(15-19-8-6-12-30-19)22(28)17-7-5-11-27(14-17)23-24-16(2)20-10-9-18(29-3)13-21(20)25-23/h9-10,13,17,19H,4-8,11-12,14-15H2,1-3H3/t17-,19+/m1/s1. The van der Waals surface area contributed by atoms with Gasteiger partial charge >= 0.3 is 0 Å². The number of ether oxygens (including phenoxy) is 2. The highest BCUT2D eigenvalue weighted by Gasteiger charge is 2.31. The highest BCUT2D eigenvalue weighted by Crippen LogP contribution is 2.27. The molecule has 2 aromatic rings. The Kier molecular flexibility index (Phi) is 6.37. The first-order chi connectivity index (χ1) is 14.6. The summed E-state index contributed by atoms with van der Waals surface area (Å²) in [6.07, 6.45) is 4.21. The molecule has 2 atom stereocenters. The van der Waals surface area contributed by atoms with Gasteiger partial charge in [-0.1, -0.05) is 0 Å². The number of hydrogen-bond acceptors (Lipinski definition) is 6. The Hall–Kier alpha value is -2.41. The fourth-order valence-corrected chi connectivity index (χ4v) is 4.55. The van der Waals surface area contributed by atoms with Crippen molar-refractivity contribution in [3.63, 3.8) is 0 Å². The molecule has 0 N–H and O–H groups in total. The molecule has 0 unspecified atom stereocenters. The van der Waals surface area contributed by atoms with Crippen molar-refractivity contribution in [3.8, 4) is 5.75 Å². The molecule has 2 aliphatic rings. The van der Waals surface area contributed by atoms with Crippen LogP contribution in [-0.2, 0) is 9.53 Å². The first-order valence-electron chi connectivity index (χ1n) is 11.1. The Labute approximate surface area is 178 Å². The molecule has 3 heterocycles. The smallest absolute Gasteiger partial charge is 0.227 e. The number of amides is 1. The third-order valence-electron chi connectivity index (χ3n) is 6.28. The Morgan fingerprint density at radius 2 is 2.17 bits per heavy atom. The largest absolute Gasteiger partial charge is 0.497 e. The van der Waals surface area contributed by atoms with Gasteiger partial charge in [-0.05, 0) is 51.7 Å². The summed E-state index contributed by atoms with van der Waals surface area (Å²) >= 11 is 0. The Morgan fingerprint density at radius 1 is 1.30 bits per heavy atom. The summed E-state index contributed by atoms with van der Waals surface area (Å²) in [5, 5.41) is 1.03. The minimum atomic E-state index is -0.0231. The maximum absolute atomic E-state index is 13.2. The van der Waals surface area contributed by atoms with Gasteiger partial charge in [0.15, 0.2) is 0 Å². The number of benzene rings is 1. The van der Waals surface area contributed by atoms with E-state index < -0.39 is 0 Å². The molecular formula is C23H32N4O3. The lowest BCUT2D eigenvalue weighted by Gasteiger charge is -2.35. The predicted molar refractivity (Wildman–Crippen MR) is 117 cm³/mol. The van der Waals surface area contributed by atoms with Crippen molar-refractivity contribution < 1.29 is 14.3 Å². The topological polar surface area (TPSA) is 67.8 Å². The summed E-state index contributed by atoms with van der Waals surface area (Å²) in [4.78, 5) is 26.9. The lowest BCUT2D eigenvalue weighted by Crippen LogP contribution is -2.47. The van der Waals surface area contributed by atoms with Crippen LogP contribution >= 0.6 is 0 Å². The molecule has 2 aliphatic heterocycles. The lowest BCUT2D eigenvalue weighted by molar-refractivity contribution is -0.137. The van der Waals surface area contributed by atoms with E-state index in [0.29, 0.717) is 19.0 Å². The van der Waals surface area contributed by atoms with E-state index in [1.54, 1.807) is 7.11 Å². The van der Waals surface area contributed by atoms with E-state index in [0.717, 1.165) is 67.7 Å². The molecule has 30 heavy (non-hydrogen) atoms. The molecule has 1 amide bonds. The Morgan fingerprint density at radius 3 is 2.90 bits per heavy atom. The maximum Gasteiger partial charge on any atom is 0.227 e. The van der Waals surface area contributed by atoms with Gasteiger partial charge in [0, 0.05) is 44.2 Å². The van der Waals surface area contributed by atoms with Crippen LogP contribution in [0.5, 0.6) is 5.75 Å². The fraction of sp³-hybridized carbons (Fsp3) is 0.609. The number of piperidine rings is 1. The van der Waals surface area contributed by atoms with Crippen LogP contribution in [0.4, 0.5) is 5.95 Å². The van der Waals surface area contributed by atoms with Crippen LogP contribution in [0.3, 0.4) is 0 Å². The second-order valence-electron chi connectivity index (χ2n) is 8.29. The van der Waals surface area contributed by atoms with E-state index in [4.69, 9.17) is 19.4 Å². The summed E-state index contributed by atoms with van der Waals surface area (Å²) in [6.45, 7) is 7.84. The van der Waals surface area contributed by atoms with Crippen molar-refractivity contribution in [1.29, 1.82) is 0 Å². The van der Waals surface area contributed by atoms with Gasteiger partial charge in [-0.25, -0.2) is 9.97 Å². The van der Waals surface area contributed by atoms with Crippen molar-refractivity contribution in [2.24, 2.45) is 5.92 Å². The first-order valence-corrected chi connectivity index (χ1v) is 11.1. The number of likely N-dealkylation sites (N-methyl/N-ethyl adjacent to an activating group) is 1. The van der Waals surface area contributed by atoms with Gasteiger partial charge in [-0.15, -0.1) is 0 Å². The summed E-state index contributed by atoms with van der Waals surface area (Å²) < 4.78 is 11.1. The highest BCUT2D eigenvalue weighted by atomic mass is 16.5. The molecule has 1 aromatic heterocycles. The number of aryl methyl sites for hydroxylation is 1. The van der Waals surface area contributed by atoms with Gasteiger partial charge in [-0.2, -0.15) is 0 Å². The van der Waals surface area contributed by atoms with Crippen LogP contribution in [0.15, 0.2) is 18.2 Å². The molecule has 2 fully saturated rings. The average Bonchev–Trinajstić information content (AvgIpc) is 3.30. The molecule has 0 aliphatic carbocycles. The molecule has 1 aromatic carbocycles. The van der Waals surface area contributed by atoms with Gasteiger partial charge in [-0.3, -0.25) is 4.79 Å². The molecule has 2 saturated heterocycles. The van der Waals surface area contributed by atoms with E-state index in [1.807, 2.05) is 30.0 Å². The summed E-state index contributed by atoms with van der Waals surface area (Å²) in [7, 11) is 1.66. The maximum atomic E-state index is 13.2. The number of nitrogens with zero attached hydrogens (tertiary/aromatic N) is 4. The number of anilines is 1. The zero-order valence-electron chi connectivity index (χ0n) is 18.3. The first kappa shape index (κ1) is 20.8. The van der Waals surface area contributed by atoms with E-state index >= 15 is 0 Å². The molecule has 4 rings (SSSR count). The van der Waals surface area contributed by atoms with Crippen molar-refractivity contribution in [1.82, 2.24) is 14.9 Å². The Balaban J connectivity index is 1.51. The van der Waals surface area contributed by atoms with Crippen molar-refractivity contribution in [2.45, 2.75) is 45.6 Å². The predicted octanol–water partition coefficient (Wildman–Crippen LogP) is 3.19. The third-order valence-corrected chi connectivity index (χ3v) is 6.28. The number of methoxy groups -OCH3 is 1.